The minimum Gasteiger partial charge on any atom is -0.337 e. The van der Waals surface area contributed by atoms with Gasteiger partial charge in [0.05, 0.1) is 11.4 Å². The smallest absolute Gasteiger partial charge is 0.258 e. The summed E-state index contributed by atoms with van der Waals surface area (Å²) in [7, 11) is 0. The Hall–Kier alpha value is -1.64. The van der Waals surface area contributed by atoms with E-state index < -0.39 is 0 Å². The lowest BCUT2D eigenvalue weighted by molar-refractivity contribution is -0.129. The van der Waals surface area contributed by atoms with E-state index in [0.717, 1.165) is 25.2 Å². The van der Waals surface area contributed by atoms with Crippen LogP contribution in [0, 0.1) is 0 Å². The highest BCUT2D eigenvalue weighted by Crippen LogP contribution is 2.24. The molecule has 0 saturated heterocycles. The fourth-order valence-corrected chi connectivity index (χ4v) is 5.20. The molecular weight excluding hydrogens is 362 g/mol. The lowest BCUT2D eigenvalue weighted by atomic mass is 10.1. The first-order chi connectivity index (χ1) is 11.7. The van der Waals surface area contributed by atoms with E-state index in [2.05, 4.69) is 16.4 Å². The first-order valence-corrected chi connectivity index (χ1v) is 10.5. The Balaban J connectivity index is 1.35. The number of carbonyl (C=O) groups is 1. The van der Waals surface area contributed by atoms with Crippen LogP contribution in [0.15, 0.2) is 33.9 Å². The molecular formula is C16H15N3O2S3. The van der Waals surface area contributed by atoms with E-state index in [1.54, 1.807) is 23.6 Å². The van der Waals surface area contributed by atoms with Crippen molar-refractivity contribution in [2.75, 3.05) is 12.3 Å². The third-order valence-electron chi connectivity index (χ3n) is 3.99. The molecule has 5 nitrogen and oxygen atoms in total. The van der Waals surface area contributed by atoms with Crippen molar-refractivity contribution < 1.29 is 4.79 Å². The van der Waals surface area contributed by atoms with Crippen LogP contribution in [-0.4, -0.2) is 32.5 Å². The molecule has 0 fully saturated rings. The maximum absolute atomic E-state index is 12.4. The second-order valence-corrected chi connectivity index (χ2v) is 8.43. The molecule has 0 aliphatic carbocycles. The molecule has 124 valence electrons. The SMILES string of the molecule is O=C(CSCc1cc(=O)n2ccsc2n1)N1CCc2sccc2C1. The van der Waals surface area contributed by atoms with E-state index in [1.165, 1.54) is 37.9 Å². The van der Waals surface area contributed by atoms with Crippen molar-refractivity contribution in [3.63, 3.8) is 0 Å². The molecule has 3 aromatic heterocycles. The molecule has 0 saturated carbocycles. The Morgan fingerprint density at radius 1 is 1.33 bits per heavy atom. The number of thiophene rings is 1. The van der Waals surface area contributed by atoms with Crippen LogP contribution >= 0.6 is 34.4 Å². The number of rotatable bonds is 4. The summed E-state index contributed by atoms with van der Waals surface area (Å²) in [6.45, 7) is 1.52. The Kier molecular flexibility index (Phi) is 4.43. The van der Waals surface area contributed by atoms with Gasteiger partial charge in [-0.15, -0.1) is 34.4 Å². The number of fused-ring (bicyclic) bond motifs is 2. The number of thioether (sulfide) groups is 1. The number of thiazole rings is 1. The van der Waals surface area contributed by atoms with Crippen LogP contribution in [-0.2, 0) is 23.5 Å². The number of nitrogens with zero attached hydrogens (tertiary/aromatic N) is 3. The van der Waals surface area contributed by atoms with Gasteiger partial charge in [-0.1, -0.05) is 0 Å². The molecule has 0 radical (unpaired) electrons. The van der Waals surface area contributed by atoms with Gasteiger partial charge < -0.3 is 4.90 Å². The Morgan fingerprint density at radius 2 is 2.25 bits per heavy atom. The zero-order valence-electron chi connectivity index (χ0n) is 12.8. The van der Waals surface area contributed by atoms with Gasteiger partial charge in [0.15, 0.2) is 4.96 Å². The van der Waals surface area contributed by atoms with Gasteiger partial charge in [-0.2, -0.15) is 0 Å². The van der Waals surface area contributed by atoms with Crippen molar-refractivity contribution in [1.82, 2.24) is 14.3 Å². The van der Waals surface area contributed by atoms with Gasteiger partial charge >= 0.3 is 0 Å². The molecule has 8 heteroatoms. The summed E-state index contributed by atoms with van der Waals surface area (Å²) >= 11 is 4.73. The summed E-state index contributed by atoms with van der Waals surface area (Å²) in [4.78, 5) is 32.8. The number of aromatic nitrogens is 2. The maximum Gasteiger partial charge on any atom is 0.258 e. The van der Waals surface area contributed by atoms with E-state index >= 15 is 0 Å². The van der Waals surface area contributed by atoms with Gasteiger partial charge in [0.2, 0.25) is 5.91 Å². The lowest BCUT2D eigenvalue weighted by Gasteiger charge is -2.26. The summed E-state index contributed by atoms with van der Waals surface area (Å²) in [5.41, 5.74) is 1.95. The predicted octanol–water partition coefficient (Wildman–Crippen LogP) is 2.64. The van der Waals surface area contributed by atoms with Crippen LogP contribution in [0.1, 0.15) is 16.1 Å². The van der Waals surface area contributed by atoms with E-state index in [0.29, 0.717) is 16.5 Å². The third-order valence-corrected chi connectivity index (χ3v) is 6.72. The van der Waals surface area contributed by atoms with Crippen LogP contribution in [0.25, 0.3) is 4.96 Å². The van der Waals surface area contributed by atoms with Crippen molar-refractivity contribution in [2.45, 2.75) is 18.7 Å². The minimum atomic E-state index is -0.0656. The molecule has 0 spiro atoms. The molecule has 0 unspecified atom stereocenters. The molecule has 0 N–H and O–H groups in total. The van der Waals surface area contributed by atoms with Gasteiger partial charge in [-0.25, -0.2) is 4.98 Å². The van der Waals surface area contributed by atoms with Crippen LogP contribution in [0.5, 0.6) is 0 Å². The Bertz CT molecular complexity index is 943. The van der Waals surface area contributed by atoms with Gasteiger partial charge in [0.1, 0.15) is 0 Å². The van der Waals surface area contributed by atoms with Gasteiger partial charge in [0, 0.05) is 41.4 Å². The largest absolute Gasteiger partial charge is 0.337 e. The first-order valence-electron chi connectivity index (χ1n) is 7.57. The summed E-state index contributed by atoms with van der Waals surface area (Å²) in [6, 6.07) is 3.66. The Labute approximate surface area is 151 Å². The zero-order chi connectivity index (χ0) is 16.5. The number of amides is 1. The number of carbonyl (C=O) groups excluding carboxylic acids is 1. The fourth-order valence-electron chi connectivity index (χ4n) is 2.76. The van der Waals surface area contributed by atoms with E-state index in [9.17, 15) is 9.59 Å². The van der Waals surface area contributed by atoms with Crippen molar-refractivity contribution >= 4 is 45.3 Å². The lowest BCUT2D eigenvalue weighted by Crippen LogP contribution is -2.36. The van der Waals surface area contributed by atoms with Crippen molar-refractivity contribution in [2.24, 2.45) is 0 Å². The summed E-state index contributed by atoms with van der Waals surface area (Å²) in [6.07, 6.45) is 2.68. The molecule has 1 aliphatic rings. The number of hydrogen-bond donors (Lipinski definition) is 0. The normalized spacial score (nSPS) is 14.1. The number of hydrogen-bond acceptors (Lipinski definition) is 6. The standard InChI is InChI=1S/C16H15N3O2S3/c20-14-7-12(17-16-19(14)4-6-24-16)9-22-10-15(21)18-3-1-13-11(8-18)2-5-23-13/h2,4-7H,1,3,8-10H2. The van der Waals surface area contributed by atoms with E-state index in [-0.39, 0.29) is 11.5 Å². The maximum atomic E-state index is 12.4. The minimum absolute atomic E-state index is 0.0656. The quantitative estimate of drug-likeness (QED) is 0.701. The van der Waals surface area contributed by atoms with Crippen LogP contribution < -0.4 is 5.56 Å². The molecule has 1 aliphatic heterocycles. The van der Waals surface area contributed by atoms with E-state index in [1.807, 2.05) is 10.3 Å². The van der Waals surface area contributed by atoms with Crippen molar-refractivity contribution in [3.05, 3.63) is 55.6 Å². The van der Waals surface area contributed by atoms with Crippen molar-refractivity contribution in [1.29, 1.82) is 0 Å². The molecule has 1 amide bonds. The molecule has 0 atom stereocenters. The summed E-state index contributed by atoms with van der Waals surface area (Å²) < 4.78 is 1.54. The molecule has 0 bridgehead atoms. The van der Waals surface area contributed by atoms with Crippen molar-refractivity contribution in [3.8, 4) is 0 Å². The monoisotopic (exact) mass is 377 g/mol. The zero-order valence-corrected chi connectivity index (χ0v) is 15.3. The molecule has 4 rings (SSSR count). The summed E-state index contributed by atoms with van der Waals surface area (Å²) in [5.74, 6) is 1.16. The molecule has 0 aromatic carbocycles. The van der Waals surface area contributed by atoms with Gasteiger partial charge in [-0.3, -0.25) is 14.0 Å². The highest BCUT2D eigenvalue weighted by molar-refractivity contribution is 7.99. The third kappa shape index (κ3) is 3.13. The van der Waals surface area contributed by atoms with Gasteiger partial charge in [-0.05, 0) is 23.4 Å². The average Bonchev–Trinajstić information content (AvgIpc) is 3.22. The molecule has 3 aromatic rings. The first kappa shape index (κ1) is 15.9. The molecule has 4 heterocycles. The second kappa shape index (κ2) is 6.70. The molecule has 24 heavy (non-hydrogen) atoms. The summed E-state index contributed by atoms with van der Waals surface area (Å²) in [5, 5.41) is 3.94. The van der Waals surface area contributed by atoms with Crippen LogP contribution in [0.3, 0.4) is 0 Å². The average molecular weight is 378 g/mol. The highest BCUT2D eigenvalue weighted by Gasteiger charge is 2.21. The Morgan fingerprint density at radius 3 is 3.17 bits per heavy atom. The predicted molar refractivity (Wildman–Crippen MR) is 98.9 cm³/mol. The highest BCUT2D eigenvalue weighted by atomic mass is 32.2. The van der Waals surface area contributed by atoms with E-state index in [4.69, 9.17) is 0 Å². The fraction of sp³-hybridized carbons (Fsp3) is 0.312. The van der Waals surface area contributed by atoms with Crippen LogP contribution in [0.2, 0.25) is 0 Å². The van der Waals surface area contributed by atoms with Gasteiger partial charge in [0.25, 0.3) is 5.56 Å². The topological polar surface area (TPSA) is 54.7 Å². The second-order valence-electron chi connectivity index (χ2n) is 5.57. The van der Waals surface area contributed by atoms with Crippen LogP contribution in [0.4, 0.5) is 0 Å².